The van der Waals surface area contributed by atoms with Crippen molar-refractivity contribution in [1.82, 2.24) is 9.97 Å². The van der Waals surface area contributed by atoms with Gasteiger partial charge in [0.15, 0.2) is 0 Å². The Morgan fingerprint density at radius 3 is 2.78 bits per heavy atom. The van der Waals surface area contributed by atoms with Gasteiger partial charge in [-0.3, -0.25) is 4.79 Å². The third-order valence-corrected chi connectivity index (χ3v) is 2.76. The van der Waals surface area contributed by atoms with Crippen LogP contribution < -0.4 is 5.32 Å². The number of hydrogen-bond donors (Lipinski definition) is 1. The minimum atomic E-state index is -0.376. The fourth-order valence-corrected chi connectivity index (χ4v) is 1.60. The quantitative estimate of drug-likeness (QED) is 0.923. The number of rotatable bonds is 2. The van der Waals surface area contributed by atoms with Crippen molar-refractivity contribution in [3.63, 3.8) is 0 Å². The van der Waals surface area contributed by atoms with Crippen LogP contribution in [0.15, 0.2) is 41.1 Å². The smallest absolute Gasteiger partial charge is 0.275 e. The Balaban J connectivity index is 2.17. The van der Waals surface area contributed by atoms with Crippen LogP contribution in [0.3, 0.4) is 0 Å². The highest BCUT2D eigenvalue weighted by Gasteiger charge is 2.10. The monoisotopic (exact) mass is 302 g/mol. The number of halogens is 1. The lowest BCUT2D eigenvalue weighted by Crippen LogP contribution is -2.14. The lowest BCUT2D eigenvalue weighted by molar-refractivity contribution is 0.102. The largest absolute Gasteiger partial charge is 0.304 e. The van der Waals surface area contributed by atoms with Gasteiger partial charge in [0.2, 0.25) is 0 Å². The molecule has 88 valence electrons. The van der Waals surface area contributed by atoms with E-state index in [9.17, 15) is 4.79 Å². The predicted octanol–water partition coefficient (Wildman–Crippen LogP) is 2.36. The molecule has 0 saturated heterocycles. The number of hydrogen-bond acceptors (Lipinski definition) is 4. The fraction of sp³-hybridized carbons (Fsp3) is 0. The van der Waals surface area contributed by atoms with Crippen LogP contribution in [0.4, 0.5) is 5.82 Å². The number of anilines is 1. The maximum Gasteiger partial charge on any atom is 0.275 e. The third kappa shape index (κ3) is 2.70. The second-order valence-electron chi connectivity index (χ2n) is 3.33. The molecule has 0 bridgehead atoms. The van der Waals surface area contributed by atoms with Gasteiger partial charge in [0, 0.05) is 12.4 Å². The van der Waals surface area contributed by atoms with Crippen molar-refractivity contribution in [3.05, 3.63) is 52.4 Å². The molecule has 0 aliphatic rings. The number of nitriles is 1. The van der Waals surface area contributed by atoms with Crippen LogP contribution in [0.25, 0.3) is 0 Å². The van der Waals surface area contributed by atoms with Crippen LogP contribution in [0.1, 0.15) is 16.1 Å². The number of carbonyl (C=O) groups is 1. The molecule has 0 aromatic carbocycles. The normalized spacial score (nSPS) is 9.56. The summed E-state index contributed by atoms with van der Waals surface area (Å²) in [7, 11) is 0. The first-order valence-electron chi connectivity index (χ1n) is 4.99. The Hall–Kier alpha value is -2.26. The molecule has 2 heterocycles. The fourth-order valence-electron chi connectivity index (χ4n) is 1.24. The summed E-state index contributed by atoms with van der Waals surface area (Å²) in [6.07, 6.45) is 2.93. The van der Waals surface area contributed by atoms with E-state index in [-0.39, 0.29) is 11.6 Å². The molecule has 0 radical (unpaired) electrons. The molecule has 0 unspecified atom stereocenters. The second kappa shape index (κ2) is 5.38. The number of nitrogens with one attached hydrogen (secondary N) is 1. The van der Waals surface area contributed by atoms with Crippen molar-refractivity contribution < 1.29 is 4.79 Å². The van der Waals surface area contributed by atoms with Gasteiger partial charge in [-0.05, 0) is 40.2 Å². The predicted molar refractivity (Wildman–Crippen MR) is 68.8 cm³/mol. The van der Waals surface area contributed by atoms with E-state index >= 15 is 0 Å². The zero-order valence-electron chi connectivity index (χ0n) is 9.09. The number of nitrogens with zero attached hydrogens (tertiary/aromatic N) is 3. The summed E-state index contributed by atoms with van der Waals surface area (Å²) in [5.41, 5.74) is 0.636. The summed E-state index contributed by atoms with van der Waals surface area (Å²) >= 11 is 3.28. The minimum Gasteiger partial charge on any atom is -0.304 e. The molecular formula is C12H7BrN4O. The molecular weight excluding hydrogens is 296 g/mol. The zero-order valence-corrected chi connectivity index (χ0v) is 10.7. The highest BCUT2D eigenvalue weighted by atomic mass is 79.9. The number of aromatic nitrogens is 2. The molecule has 1 amide bonds. The molecule has 1 N–H and O–H groups in total. The van der Waals surface area contributed by atoms with Crippen molar-refractivity contribution in [2.45, 2.75) is 0 Å². The summed E-state index contributed by atoms with van der Waals surface area (Å²) in [5.74, 6) is 0.0487. The Labute approximate surface area is 112 Å². The van der Waals surface area contributed by atoms with E-state index in [2.05, 4.69) is 31.2 Å². The average Bonchev–Trinajstić information content (AvgIpc) is 2.41. The standard InChI is InChI=1S/C12H7BrN4O/c13-9-2-1-5-15-11(9)17-12(18)10-4-3-8(6-14)7-16-10/h1-5,7H,(H,15,17,18). The SMILES string of the molecule is N#Cc1ccc(C(=O)Nc2ncccc2Br)nc1. The molecule has 2 aromatic heterocycles. The van der Waals surface area contributed by atoms with E-state index in [1.807, 2.05) is 6.07 Å². The van der Waals surface area contributed by atoms with Crippen LogP contribution in [-0.4, -0.2) is 15.9 Å². The Bertz CT molecular complexity index is 619. The molecule has 0 fully saturated rings. The summed E-state index contributed by atoms with van der Waals surface area (Å²) in [5, 5.41) is 11.3. The van der Waals surface area contributed by atoms with Crippen molar-refractivity contribution in [2.75, 3.05) is 5.32 Å². The van der Waals surface area contributed by atoms with E-state index < -0.39 is 0 Å². The average molecular weight is 303 g/mol. The van der Waals surface area contributed by atoms with E-state index in [0.29, 0.717) is 15.9 Å². The molecule has 0 saturated carbocycles. The maximum absolute atomic E-state index is 11.8. The molecule has 2 rings (SSSR count). The molecule has 6 heteroatoms. The van der Waals surface area contributed by atoms with Gasteiger partial charge in [-0.15, -0.1) is 0 Å². The Kier molecular flexibility index (Phi) is 3.65. The zero-order chi connectivity index (χ0) is 13.0. The van der Waals surface area contributed by atoms with Crippen molar-refractivity contribution in [1.29, 1.82) is 5.26 Å². The van der Waals surface area contributed by atoms with Gasteiger partial charge in [-0.1, -0.05) is 0 Å². The first-order chi connectivity index (χ1) is 8.70. The van der Waals surface area contributed by atoms with Gasteiger partial charge >= 0.3 is 0 Å². The first kappa shape index (κ1) is 12.2. The van der Waals surface area contributed by atoms with E-state index in [1.54, 1.807) is 18.3 Å². The third-order valence-electron chi connectivity index (χ3n) is 2.12. The molecule has 0 spiro atoms. The number of amides is 1. The van der Waals surface area contributed by atoms with Crippen LogP contribution in [0.5, 0.6) is 0 Å². The first-order valence-corrected chi connectivity index (χ1v) is 5.78. The highest BCUT2D eigenvalue weighted by molar-refractivity contribution is 9.10. The van der Waals surface area contributed by atoms with E-state index in [0.717, 1.165) is 0 Å². The topological polar surface area (TPSA) is 78.7 Å². The second-order valence-corrected chi connectivity index (χ2v) is 4.19. The van der Waals surface area contributed by atoms with Gasteiger partial charge in [-0.2, -0.15) is 5.26 Å². The number of carbonyl (C=O) groups excluding carboxylic acids is 1. The van der Waals surface area contributed by atoms with Crippen LogP contribution in [0, 0.1) is 11.3 Å². The molecule has 5 nitrogen and oxygen atoms in total. The number of pyridine rings is 2. The molecule has 0 atom stereocenters. The minimum absolute atomic E-state index is 0.228. The van der Waals surface area contributed by atoms with Gasteiger partial charge in [0.1, 0.15) is 17.6 Å². The van der Waals surface area contributed by atoms with E-state index in [1.165, 1.54) is 18.3 Å². The lowest BCUT2D eigenvalue weighted by Gasteiger charge is -2.05. The summed E-state index contributed by atoms with van der Waals surface area (Å²) in [4.78, 5) is 19.8. The Morgan fingerprint density at radius 1 is 1.33 bits per heavy atom. The summed E-state index contributed by atoms with van der Waals surface area (Å²) < 4.78 is 0.687. The molecule has 18 heavy (non-hydrogen) atoms. The van der Waals surface area contributed by atoms with Gasteiger partial charge in [0.05, 0.1) is 10.0 Å². The summed E-state index contributed by atoms with van der Waals surface area (Å²) in [6.45, 7) is 0. The molecule has 0 aliphatic heterocycles. The lowest BCUT2D eigenvalue weighted by atomic mass is 10.2. The van der Waals surface area contributed by atoms with Crippen LogP contribution in [0.2, 0.25) is 0 Å². The van der Waals surface area contributed by atoms with Crippen LogP contribution >= 0.6 is 15.9 Å². The Morgan fingerprint density at radius 2 is 2.17 bits per heavy atom. The van der Waals surface area contributed by atoms with Crippen molar-refractivity contribution in [2.24, 2.45) is 0 Å². The van der Waals surface area contributed by atoms with Crippen molar-refractivity contribution in [3.8, 4) is 6.07 Å². The van der Waals surface area contributed by atoms with E-state index in [4.69, 9.17) is 5.26 Å². The van der Waals surface area contributed by atoms with Crippen molar-refractivity contribution >= 4 is 27.7 Å². The molecule has 0 aliphatic carbocycles. The van der Waals surface area contributed by atoms with Crippen LogP contribution in [-0.2, 0) is 0 Å². The summed E-state index contributed by atoms with van der Waals surface area (Å²) in [6, 6.07) is 8.49. The van der Waals surface area contributed by atoms with Gasteiger partial charge in [-0.25, -0.2) is 9.97 Å². The van der Waals surface area contributed by atoms with Gasteiger partial charge < -0.3 is 5.32 Å². The maximum atomic E-state index is 11.8. The molecule has 2 aromatic rings. The van der Waals surface area contributed by atoms with Gasteiger partial charge in [0.25, 0.3) is 5.91 Å². The highest BCUT2D eigenvalue weighted by Crippen LogP contribution is 2.18.